The van der Waals surface area contributed by atoms with E-state index < -0.39 is 0 Å². The van der Waals surface area contributed by atoms with Gasteiger partial charge in [0.25, 0.3) is 0 Å². The van der Waals surface area contributed by atoms with Crippen LogP contribution in [0.2, 0.25) is 0 Å². The average Bonchev–Trinajstić information content (AvgIpc) is 2.89. The molecular weight excluding hydrogens is 224 g/mol. The van der Waals surface area contributed by atoms with E-state index in [2.05, 4.69) is 19.8 Å². The van der Waals surface area contributed by atoms with Crippen LogP contribution in [-0.4, -0.2) is 47.1 Å². The van der Waals surface area contributed by atoms with E-state index in [0.29, 0.717) is 0 Å². The van der Waals surface area contributed by atoms with Gasteiger partial charge in [0.15, 0.2) is 0 Å². The van der Waals surface area contributed by atoms with Crippen molar-refractivity contribution in [3.05, 3.63) is 18.6 Å². The minimum atomic E-state index is 0.769. The third-order valence-electron chi connectivity index (χ3n) is 5.02. The van der Waals surface area contributed by atoms with Gasteiger partial charge in [0.05, 0.1) is 0 Å². The first-order valence-corrected chi connectivity index (χ1v) is 7.15. The highest BCUT2D eigenvalue weighted by atomic mass is 15.3. The lowest BCUT2D eigenvalue weighted by atomic mass is 10.0. The largest absolute Gasteiger partial charge is 0.353 e. The lowest BCUT2D eigenvalue weighted by Gasteiger charge is -2.45. The van der Waals surface area contributed by atoms with E-state index in [1.807, 2.05) is 12.3 Å². The zero-order valence-electron chi connectivity index (χ0n) is 10.7. The minimum absolute atomic E-state index is 0.769. The lowest BCUT2D eigenvalue weighted by Crippen LogP contribution is -2.59. The highest BCUT2D eigenvalue weighted by Gasteiger charge is 2.42. The zero-order chi connectivity index (χ0) is 11.9. The van der Waals surface area contributed by atoms with Crippen molar-refractivity contribution in [2.45, 2.75) is 25.3 Å². The molecule has 1 saturated carbocycles. The van der Waals surface area contributed by atoms with Crippen molar-refractivity contribution in [3.8, 4) is 0 Å². The van der Waals surface area contributed by atoms with Gasteiger partial charge >= 0.3 is 0 Å². The number of aromatic nitrogens is 2. The molecule has 1 aliphatic carbocycles. The summed E-state index contributed by atoms with van der Waals surface area (Å²) in [5.74, 6) is 3.11. The summed E-state index contributed by atoms with van der Waals surface area (Å²) in [5, 5.41) is 0. The molecule has 96 valence electrons. The maximum Gasteiger partial charge on any atom is 0.132 e. The molecule has 3 heterocycles. The number of likely N-dealkylation sites (tertiary alicyclic amines) is 1. The summed E-state index contributed by atoms with van der Waals surface area (Å²) in [7, 11) is 0. The first-order chi connectivity index (χ1) is 8.90. The summed E-state index contributed by atoms with van der Waals surface area (Å²) in [5.41, 5.74) is 0. The van der Waals surface area contributed by atoms with E-state index in [-0.39, 0.29) is 0 Å². The molecule has 4 heteroatoms. The number of nitrogens with zero attached hydrogens (tertiary/aromatic N) is 4. The third kappa shape index (κ3) is 1.70. The van der Waals surface area contributed by atoms with Crippen LogP contribution in [0.3, 0.4) is 0 Å². The van der Waals surface area contributed by atoms with E-state index in [1.54, 1.807) is 6.33 Å². The normalized spacial score (nSPS) is 32.6. The summed E-state index contributed by atoms with van der Waals surface area (Å²) < 4.78 is 0. The predicted molar refractivity (Wildman–Crippen MR) is 70.4 cm³/mol. The Hall–Kier alpha value is -1.16. The van der Waals surface area contributed by atoms with Crippen LogP contribution in [-0.2, 0) is 0 Å². The fourth-order valence-corrected chi connectivity index (χ4v) is 3.91. The molecule has 0 spiro atoms. The van der Waals surface area contributed by atoms with Crippen LogP contribution >= 0.6 is 0 Å². The highest BCUT2D eigenvalue weighted by molar-refractivity contribution is 5.41. The summed E-state index contributed by atoms with van der Waals surface area (Å²) in [6.07, 6.45) is 7.90. The Balaban J connectivity index is 1.35. The first kappa shape index (κ1) is 10.7. The molecule has 0 aromatic carbocycles. The van der Waals surface area contributed by atoms with Crippen LogP contribution in [0.15, 0.2) is 18.6 Å². The van der Waals surface area contributed by atoms with E-state index >= 15 is 0 Å². The van der Waals surface area contributed by atoms with Gasteiger partial charge in [0, 0.05) is 38.4 Å². The van der Waals surface area contributed by atoms with Crippen molar-refractivity contribution < 1.29 is 0 Å². The minimum Gasteiger partial charge on any atom is -0.353 e. The molecule has 18 heavy (non-hydrogen) atoms. The molecule has 2 saturated heterocycles. The van der Waals surface area contributed by atoms with Crippen molar-refractivity contribution in [2.75, 3.05) is 31.1 Å². The van der Waals surface area contributed by atoms with Crippen LogP contribution in [0.4, 0.5) is 5.82 Å². The van der Waals surface area contributed by atoms with Crippen LogP contribution in [0.1, 0.15) is 19.3 Å². The van der Waals surface area contributed by atoms with Gasteiger partial charge in [-0.05, 0) is 30.7 Å². The van der Waals surface area contributed by atoms with Crippen LogP contribution in [0.5, 0.6) is 0 Å². The lowest BCUT2D eigenvalue weighted by molar-refractivity contribution is 0.190. The number of anilines is 1. The Labute approximate surface area is 108 Å². The van der Waals surface area contributed by atoms with Gasteiger partial charge in [-0.25, -0.2) is 9.97 Å². The predicted octanol–water partition coefficient (Wildman–Crippen LogP) is 1.40. The maximum atomic E-state index is 4.32. The summed E-state index contributed by atoms with van der Waals surface area (Å²) in [6, 6.07) is 2.78. The van der Waals surface area contributed by atoms with Gasteiger partial charge in [0.1, 0.15) is 12.1 Å². The number of fused-ring (bicyclic) bond motifs is 1. The van der Waals surface area contributed by atoms with Crippen molar-refractivity contribution in [3.63, 3.8) is 0 Å². The van der Waals surface area contributed by atoms with Crippen LogP contribution in [0, 0.1) is 11.8 Å². The SMILES string of the molecule is c1cc(N2CC(N3CC4CCCC4C3)C2)ncn1. The molecule has 2 atom stereocenters. The molecule has 2 aliphatic heterocycles. The van der Waals surface area contributed by atoms with E-state index in [9.17, 15) is 0 Å². The van der Waals surface area contributed by atoms with Crippen molar-refractivity contribution in [1.82, 2.24) is 14.9 Å². The molecule has 0 N–H and O–H groups in total. The van der Waals surface area contributed by atoms with Gasteiger partial charge in [-0.2, -0.15) is 0 Å². The molecular formula is C14H20N4. The second kappa shape index (κ2) is 4.19. The van der Waals surface area contributed by atoms with Crippen LogP contribution in [0.25, 0.3) is 0 Å². The average molecular weight is 244 g/mol. The smallest absolute Gasteiger partial charge is 0.132 e. The number of hydrogen-bond acceptors (Lipinski definition) is 4. The molecule has 3 aliphatic rings. The van der Waals surface area contributed by atoms with Gasteiger partial charge in [-0.3, -0.25) is 4.90 Å². The third-order valence-corrected chi connectivity index (χ3v) is 5.02. The molecule has 2 unspecified atom stereocenters. The van der Waals surface area contributed by atoms with E-state index in [4.69, 9.17) is 0 Å². The van der Waals surface area contributed by atoms with Gasteiger partial charge in [-0.1, -0.05) is 6.42 Å². The highest BCUT2D eigenvalue weighted by Crippen LogP contribution is 2.39. The molecule has 0 bridgehead atoms. The van der Waals surface area contributed by atoms with Gasteiger partial charge in [0.2, 0.25) is 0 Å². The molecule has 3 fully saturated rings. The Morgan fingerprint density at radius 3 is 2.50 bits per heavy atom. The Kier molecular flexibility index (Phi) is 2.50. The summed E-state index contributed by atoms with van der Waals surface area (Å²) in [4.78, 5) is 13.4. The van der Waals surface area contributed by atoms with Crippen molar-refractivity contribution in [1.29, 1.82) is 0 Å². The van der Waals surface area contributed by atoms with Crippen LogP contribution < -0.4 is 4.90 Å². The zero-order valence-corrected chi connectivity index (χ0v) is 10.7. The number of rotatable bonds is 2. The quantitative estimate of drug-likeness (QED) is 0.787. The fraction of sp³-hybridized carbons (Fsp3) is 0.714. The molecule has 1 aromatic rings. The van der Waals surface area contributed by atoms with Gasteiger partial charge < -0.3 is 4.90 Å². The summed E-state index contributed by atoms with van der Waals surface area (Å²) >= 11 is 0. The van der Waals surface area contributed by atoms with Gasteiger partial charge in [-0.15, -0.1) is 0 Å². The Morgan fingerprint density at radius 2 is 1.83 bits per heavy atom. The second-order valence-corrected chi connectivity index (χ2v) is 6.03. The Morgan fingerprint density at radius 1 is 1.06 bits per heavy atom. The molecule has 0 radical (unpaired) electrons. The topological polar surface area (TPSA) is 32.3 Å². The van der Waals surface area contributed by atoms with E-state index in [0.717, 1.165) is 36.8 Å². The Bertz CT molecular complexity index is 403. The second-order valence-electron chi connectivity index (χ2n) is 6.03. The standard InChI is InChI=1S/C14H20N4/c1-2-11-6-17(7-12(11)3-1)13-8-18(9-13)14-4-5-15-10-16-14/h4-5,10-13H,1-3,6-9H2. The first-order valence-electron chi connectivity index (χ1n) is 7.15. The molecule has 4 nitrogen and oxygen atoms in total. The molecule has 4 rings (SSSR count). The van der Waals surface area contributed by atoms with Crippen molar-refractivity contribution >= 4 is 5.82 Å². The molecule has 1 aromatic heterocycles. The van der Waals surface area contributed by atoms with Crippen molar-refractivity contribution in [2.24, 2.45) is 11.8 Å². The maximum absolute atomic E-state index is 4.32. The number of hydrogen-bond donors (Lipinski definition) is 0. The summed E-state index contributed by atoms with van der Waals surface area (Å²) in [6.45, 7) is 5.01. The van der Waals surface area contributed by atoms with E-state index in [1.165, 1.54) is 32.4 Å². The fourth-order valence-electron chi connectivity index (χ4n) is 3.91. The monoisotopic (exact) mass is 244 g/mol. The molecule has 0 amide bonds.